The van der Waals surface area contributed by atoms with Gasteiger partial charge in [0, 0.05) is 0 Å². The van der Waals surface area contributed by atoms with Crippen LogP contribution in [-0.4, -0.2) is 13.1 Å². The van der Waals surface area contributed by atoms with Crippen LogP contribution in [0, 0.1) is 11.8 Å². The molecule has 1 aliphatic carbocycles. The molecule has 0 amide bonds. The number of fused-ring (bicyclic) bond motifs is 1. The summed E-state index contributed by atoms with van der Waals surface area (Å²) in [5, 5.41) is 3.48. The molecule has 1 saturated carbocycles. The predicted molar refractivity (Wildman–Crippen MR) is 50.2 cm³/mol. The summed E-state index contributed by atoms with van der Waals surface area (Å²) in [6, 6.07) is 0. The van der Waals surface area contributed by atoms with Crippen LogP contribution in [0.25, 0.3) is 0 Å². The predicted octanol–water partition coefficient (Wildman–Crippen LogP) is 2.21. The van der Waals surface area contributed by atoms with E-state index in [0.29, 0.717) is 0 Å². The Morgan fingerprint density at radius 2 is 1.36 bits per heavy atom. The van der Waals surface area contributed by atoms with Gasteiger partial charge in [0.1, 0.15) is 0 Å². The van der Waals surface area contributed by atoms with Crippen molar-refractivity contribution in [2.24, 2.45) is 11.8 Å². The maximum absolute atomic E-state index is 3.48. The van der Waals surface area contributed by atoms with Crippen molar-refractivity contribution in [1.29, 1.82) is 0 Å². The van der Waals surface area contributed by atoms with Crippen LogP contribution >= 0.6 is 12.4 Å². The summed E-state index contributed by atoms with van der Waals surface area (Å²) in [5.41, 5.74) is 0. The largest absolute Gasteiger partial charge is 0.317 e. The zero-order chi connectivity index (χ0) is 6.81. The second-order valence-electron chi connectivity index (χ2n) is 3.78. The molecule has 0 aromatic rings. The second-order valence-corrected chi connectivity index (χ2v) is 3.78. The third kappa shape index (κ3) is 2.09. The van der Waals surface area contributed by atoms with Gasteiger partial charge in [-0.25, -0.2) is 0 Å². The molecule has 2 atom stereocenters. The van der Waals surface area contributed by atoms with Crippen molar-refractivity contribution in [3.05, 3.63) is 0 Å². The third-order valence-electron chi connectivity index (χ3n) is 3.20. The van der Waals surface area contributed by atoms with Crippen LogP contribution < -0.4 is 5.32 Å². The quantitative estimate of drug-likeness (QED) is 0.596. The second kappa shape index (κ2) is 4.32. The first-order chi connectivity index (χ1) is 4.97. The summed E-state index contributed by atoms with van der Waals surface area (Å²) in [7, 11) is 0. The highest BCUT2D eigenvalue weighted by atomic mass is 35.5. The van der Waals surface area contributed by atoms with Crippen molar-refractivity contribution < 1.29 is 0 Å². The van der Waals surface area contributed by atoms with E-state index in [9.17, 15) is 0 Å². The Labute approximate surface area is 75.4 Å². The van der Waals surface area contributed by atoms with Gasteiger partial charge in [0.25, 0.3) is 0 Å². The standard InChI is InChI=1S/C9H17N.ClH/c1-2-8-4-6-10-7-5-9(8)3-1;/h8-10H,1-7H2;1H. The highest BCUT2D eigenvalue weighted by Gasteiger charge is 2.27. The van der Waals surface area contributed by atoms with E-state index in [1.54, 1.807) is 0 Å². The van der Waals surface area contributed by atoms with Gasteiger partial charge < -0.3 is 5.32 Å². The average molecular weight is 176 g/mol. The lowest BCUT2D eigenvalue weighted by Gasteiger charge is -2.13. The Morgan fingerprint density at radius 1 is 0.818 bits per heavy atom. The van der Waals surface area contributed by atoms with Gasteiger partial charge >= 0.3 is 0 Å². The molecule has 0 spiro atoms. The van der Waals surface area contributed by atoms with Crippen molar-refractivity contribution in [3.63, 3.8) is 0 Å². The van der Waals surface area contributed by atoms with E-state index in [1.165, 1.54) is 45.2 Å². The van der Waals surface area contributed by atoms with Crippen molar-refractivity contribution in [3.8, 4) is 0 Å². The van der Waals surface area contributed by atoms with E-state index in [0.717, 1.165) is 11.8 Å². The summed E-state index contributed by atoms with van der Waals surface area (Å²) in [4.78, 5) is 0. The van der Waals surface area contributed by atoms with Crippen LogP contribution in [0.15, 0.2) is 0 Å². The summed E-state index contributed by atoms with van der Waals surface area (Å²) in [6.45, 7) is 2.56. The molecule has 1 heterocycles. The Morgan fingerprint density at radius 3 is 1.91 bits per heavy atom. The summed E-state index contributed by atoms with van der Waals surface area (Å²) >= 11 is 0. The van der Waals surface area contributed by atoms with E-state index >= 15 is 0 Å². The fourth-order valence-corrected chi connectivity index (χ4v) is 2.57. The molecule has 1 N–H and O–H groups in total. The smallest absolute Gasteiger partial charge is 0.00462 e. The van der Waals surface area contributed by atoms with Gasteiger partial charge in [-0.3, -0.25) is 0 Å². The number of nitrogens with one attached hydrogen (secondary N) is 1. The molecular formula is C9H18ClN. The number of rotatable bonds is 0. The van der Waals surface area contributed by atoms with Crippen LogP contribution in [0.5, 0.6) is 0 Å². The van der Waals surface area contributed by atoms with Crippen molar-refractivity contribution in [2.75, 3.05) is 13.1 Å². The van der Waals surface area contributed by atoms with Crippen molar-refractivity contribution >= 4 is 12.4 Å². The maximum atomic E-state index is 3.48. The fraction of sp³-hybridized carbons (Fsp3) is 1.00. The van der Waals surface area contributed by atoms with Gasteiger partial charge in [-0.05, 0) is 37.8 Å². The summed E-state index contributed by atoms with van der Waals surface area (Å²) in [5.74, 6) is 2.19. The molecule has 0 radical (unpaired) electrons. The molecule has 2 rings (SSSR count). The molecule has 1 nitrogen and oxygen atoms in total. The van der Waals surface area contributed by atoms with Gasteiger partial charge in [-0.1, -0.05) is 19.3 Å². The molecule has 0 aromatic heterocycles. The van der Waals surface area contributed by atoms with Gasteiger partial charge in [0.05, 0.1) is 0 Å². The Balaban J connectivity index is 0.000000605. The molecule has 2 fully saturated rings. The highest BCUT2D eigenvalue weighted by Crippen LogP contribution is 2.36. The normalized spacial score (nSPS) is 37.1. The van der Waals surface area contributed by atoms with E-state index in [-0.39, 0.29) is 12.4 Å². The molecule has 11 heavy (non-hydrogen) atoms. The first-order valence-electron chi connectivity index (χ1n) is 4.67. The maximum Gasteiger partial charge on any atom is -0.00462 e. The zero-order valence-corrected chi connectivity index (χ0v) is 7.83. The third-order valence-corrected chi connectivity index (χ3v) is 3.20. The molecule has 1 aliphatic heterocycles. The van der Waals surface area contributed by atoms with E-state index in [4.69, 9.17) is 0 Å². The highest BCUT2D eigenvalue weighted by molar-refractivity contribution is 5.85. The fourth-order valence-electron chi connectivity index (χ4n) is 2.57. The molecule has 2 heteroatoms. The summed E-state index contributed by atoms with van der Waals surface area (Å²) in [6.07, 6.45) is 7.45. The lowest BCUT2D eigenvalue weighted by atomic mass is 9.92. The minimum atomic E-state index is 0. The minimum absolute atomic E-state index is 0. The zero-order valence-electron chi connectivity index (χ0n) is 7.01. The lowest BCUT2D eigenvalue weighted by molar-refractivity contribution is 0.378. The molecule has 66 valence electrons. The average Bonchev–Trinajstić information content (AvgIpc) is 2.28. The van der Waals surface area contributed by atoms with Crippen LogP contribution in [0.3, 0.4) is 0 Å². The minimum Gasteiger partial charge on any atom is -0.317 e. The number of halogens is 1. The first kappa shape index (κ1) is 9.34. The Bertz CT molecular complexity index is 104. The van der Waals surface area contributed by atoms with Gasteiger partial charge in [-0.2, -0.15) is 0 Å². The number of hydrogen-bond acceptors (Lipinski definition) is 1. The van der Waals surface area contributed by atoms with Crippen molar-refractivity contribution in [1.82, 2.24) is 5.32 Å². The van der Waals surface area contributed by atoms with Crippen LogP contribution in [0.1, 0.15) is 32.1 Å². The van der Waals surface area contributed by atoms with Gasteiger partial charge in [0.2, 0.25) is 0 Å². The van der Waals surface area contributed by atoms with Gasteiger partial charge in [0.15, 0.2) is 0 Å². The van der Waals surface area contributed by atoms with Crippen molar-refractivity contribution in [2.45, 2.75) is 32.1 Å². The van der Waals surface area contributed by atoms with Crippen LogP contribution in [-0.2, 0) is 0 Å². The van der Waals surface area contributed by atoms with E-state index in [1.807, 2.05) is 0 Å². The molecular weight excluding hydrogens is 158 g/mol. The Kier molecular flexibility index (Phi) is 3.67. The molecule has 1 saturated heterocycles. The van der Waals surface area contributed by atoms with Crippen LogP contribution in [0.4, 0.5) is 0 Å². The lowest BCUT2D eigenvalue weighted by Crippen LogP contribution is -2.14. The van der Waals surface area contributed by atoms with Crippen LogP contribution in [0.2, 0.25) is 0 Å². The molecule has 2 aliphatic rings. The summed E-state index contributed by atoms with van der Waals surface area (Å²) < 4.78 is 0. The van der Waals surface area contributed by atoms with E-state index < -0.39 is 0 Å². The SMILES string of the molecule is C1CC2CCNCCC2C1.Cl. The number of hydrogen-bond donors (Lipinski definition) is 1. The molecule has 0 bridgehead atoms. The molecule has 0 aromatic carbocycles. The first-order valence-corrected chi connectivity index (χ1v) is 4.67. The van der Waals surface area contributed by atoms with Gasteiger partial charge in [-0.15, -0.1) is 12.4 Å². The Hall–Kier alpha value is 0.250. The topological polar surface area (TPSA) is 12.0 Å². The monoisotopic (exact) mass is 175 g/mol. The molecule has 2 unspecified atom stereocenters. The van der Waals surface area contributed by atoms with E-state index in [2.05, 4.69) is 5.32 Å².